The van der Waals surface area contributed by atoms with Crippen molar-refractivity contribution in [3.63, 3.8) is 0 Å². The SMILES string of the molecule is CCc1ccc(OCC(C)(C#N)NC(C)C)c(OC)c1. The molecule has 4 heteroatoms. The van der Waals surface area contributed by atoms with E-state index in [0.29, 0.717) is 11.5 Å². The van der Waals surface area contributed by atoms with Gasteiger partial charge in [-0.1, -0.05) is 13.0 Å². The van der Waals surface area contributed by atoms with Gasteiger partial charge in [-0.15, -0.1) is 0 Å². The second kappa shape index (κ2) is 7.16. The van der Waals surface area contributed by atoms with Gasteiger partial charge in [0.05, 0.1) is 13.2 Å². The molecule has 0 aliphatic heterocycles. The van der Waals surface area contributed by atoms with Gasteiger partial charge in [-0.3, -0.25) is 5.32 Å². The fourth-order valence-electron chi connectivity index (χ4n) is 2.02. The predicted molar refractivity (Wildman–Crippen MR) is 80.2 cm³/mol. The lowest BCUT2D eigenvalue weighted by atomic mass is 10.1. The van der Waals surface area contributed by atoms with Crippen molar-refractivity contribution in [3.05, 3.63) is 23.8 Å². The number of hydrogen-bond acceptors (Lipinski definition) is 4. The summed E-state index contributed by atoms with van der Waals surface area (Å²) in [7, 11) is 1.62. The van der Waals surface area contributed by atoms with Crippen molar-refractivity contribution in [1.82, 2.24) is 5.32 Å². The maximum Gasteiger partial charge on any atom is 0.161 e. The Morgan fingerprint density at radius 3 is 2.55 bits per heavy atom. The molecular formula is C16H24N2O2. The number of nitrogens with one attached hydrogen (secondary N) is 1. The zero-order valence-electron chi connectivity index (χ0n) is 13.0. The van der Waals surface area contributed by atoms with Gasteiger partial charge in [0.1, 0.15) is 12.1 Å². The third kappa shape index (κ3) is 4.43. The normalized spacial score (nSPS) is 13.7. The molecule has 1 N–H and O–H groups in total. The molecule has 0 amide bonds. The van der Waals surface area contributed by atoms with E-state index in [1.54, 1.807) is 7.11 Å². The van der Waals surface area contributed by atoms with Gasteiger partial charge in [0.15, 0.2) is 11.5 Å². The van der Waals surface area contributed by atoms with Crippen LogP contribution in [0.5, 0.6) is 11.5 Å². The fourth-order valence-corrected chi connectivity index (χ4v) is 2.02. The number of aryl methyl sites for hydroxylation is 1. The molecule has 1 atom stereocenters. The Bertz CT molecular complexity index is 480. The van der Waals surface area contributed by atoms with Crippen LogP contribution in [-0.4, -0.2) is 25.3 Å². The second-order valence-electron chi connectivity index (χ2n) is 5.37. The van der Waals surface area contributed by atoms with Gasteiger partial charge in [0, 0.05) is 6.04 Å². The molecular weight excluding hydrogens is 252 g/mol. The van der Waals surface area contributed by atoms with Gasteiger partial charge in [-0.25, -0.2) is 0 Å². The molecule has 0 bridgehead atoms. The molecule has 1 aromatic carbocycles. The third-order valence-electron chi connectivity index (χ3n) is 3.01. The standard InChI is InChI=1S/C16H24N2O2/c1-6-13-7-8-14(15(9-13)19-5)20-11-16(4,10-17)18-12(2)3/h7-9,12,18H,6,11H2,1-5H3. The average molecular weight is 276 g/mol. The molecule has 110 valence electrons. The summed E-state index contributed by atoms with van der Waals surface area (Å²) < 4.78 is 11.1. The largest absolute Gasteiger partial charge is 0.493 e. The maximum atomic E-state index is 9.30. The highest BCUT2D eigenvalue weighted by atomic mass is 16.5. The van der Waals surface area contributed by atoms with Crippen LogP contribution < -0.4 is 14.8 Å². The van der Waals surface area contributed by atoms with E-state index in [1.807, 2.05) is 39.0 Å². The maximum absolute atomic E-state index is 9.30. The Balaban J connectivity index is 2.81. The Hall–Kier alpha value is -1.73. The summed E-state index contributed by atoms with van der Waals surface area (Å²) in [5.41, 5.74) is 0.473. The summed E-state index contributed by atoms with van der Waals surface area (Å²) in [6.07, 6.45) is 0.946. The molecule has 20 heavy (non-hydrogen) atoms. The number of rotatable bonds is 7. The van der Waals surface area contributed by atoms with E-state index in [4.69, 9.17) is 9.47 Å². The smallest absolute Gasteiger partial charge is 0.161 e. The minimum absolute atomic E-state index is 0.215. The van der Waals surface area contributed by atoms with Crippen LogP contribution in [0.3, 0.4) is 0 Å². The zero-order valence-corrected chi connectivity index (χ0v) is 13.0. The summed E-state index contributed by atoms with van der Waals surface area (Å²) in [5, 5.41) is 12.5. The molecule has 0 saturated carbocycles. The van der Waals surface area contributed by atoms with E-state index in [9.17, 15) is 5.26 Å². The summed E-state index contributed by atoms with van der Waals surface area (Å²) in [6, 6.07) is 8.35. The van der Waals surface area contributed by atoms with Gasteiger partial charge >= 0.3 is 0 Å². The first kappa shape index (κ1) is 16.3. The van der Waals surface area contributed by atoms with E-state index < -0.39 is 5.54 Å². The molecule has 0 aliphatic rings. The third-order valence-corrected chi connectivity index (χ3v) is 3.01. The van der Waals surface area contributed by atoms with E-state index in [2.05, 4.69) is 18.3 Å². The Morgan fingerprint density at radius 2 is 2.05 bits per heavy atom. The van der Waals surface area contributed by atoms with Crippen molar-refractivity contribution in [3.8, 4) is 17.6 Å². The van der Waals surface area contributed by atoms with Crippen molar-refractivity contribution >= 4 is 0 Å². The Morgan fingerprint density at radius 1 is 1.35 bits per heavy atom. The first-order valence-corrected chi connectivity index (χ1v) is 6.92. The number of nitriles is 1. The minimum Gasteiger partial charge on any atom is -0.493 e. The summed E-state index contributed by atoms with van der Waals surface area (Å²) in [5.74, 6) is 1.37. The zero-order chi connectivity index (χ0) is 15.2. The molecule has 1 unspecified atom stereocenters. The monoisotopic (exact) mass is 276 g/mol. The number of methoxy groups -OCH3 is 1. The van der Waals surface area contributed by atoms with Gasteiger partial charge in [0.2, 0.25) is 0 Å². The molecule has 1 aromatic rings. The number of benzene rings is 1. The van der Waals surface area contributed by atoms with Crippen LogP contribution in [0.2, 0.25) is 0 Å². The van der Waals surface area contributed by atoms with E-state index in [1.165, 1.54) is 5.56 Å². The van der Waals surface area contributed by atoms with Crippen LogP contribution in [0.25, 0.3) is 0 Å². The van der Waals surface area contributed by atoms with Crippen LogP contribution in [0.15, 0.2) is 18.2 Å². The second-order valence-corrected chi connectivity index (χ2v) is 5.37. The lowest BCUT2D eigenvalue weighted by Crippen LogP contribution is -2.49. The quantitative estimate of drug-likeness (QED) is 0.832. The molecule has 0 spiro atoms. The van der Waals surface area contributed by atoms with Gasteiger partial charge < -0.3 is 9.47 Å². The van der Waals surface area contributed by atoms with Crippen LogP contribution in [0, 0.1) is 11.3 Å². The highest BCUT2D eigenvalue weighted by molar-refractivity contribution is 5.43. The van der Waals surface area contributed by atoms with E-state index in [0.717, 1.165) is 6.42 Å². The van der Waals surface area contributed by atoms with Crippen molar-refractivity contribution in [2.75, 3.05) is 13.7 Å². The molecule has 0 aromatic heterocycles. The fraction of sp³-hybridized carbons (Fsp3) is 0.562. The summed E-state index contributed by atoms with van der Waals surface area (Å²) >= 11 is 0. The number of ether oxygens (including phenoxy) is 2. The van der Waals surface area contributed by atoms with E-state index >= 15 is 0 Å². The molecule has 0 radical (unpaired) electrons. The lowest BCUT2D eigenvalue weighted by molar-refractivity contribution is 0.217. The topological polar surface area (TPSA) is 54.3 Å². The predicted octanol–water partition coefficient (Wildman–Crippen LogP) is 2.92. The molecule has 0 fully saturated rings. The van der Waals surface area contributed by atoms with Gasteiger partial charge in [-0.2, -0.15) is 5.26 Å². The molecule has 0 saturated heterocycles. The average Bonchev–Trinajstić information content (AvgIpc) is 2.44. The highest BCUT2D eigenvalue weighted by Crippen LogP contribution is 2.29. The highest BCUT2D eigenvalue weighted by Gasteiger charge is 2.26. The number of hydrogen-bond donors (Lipinski definition) is 1. The van der Waals surface area contributed by atoms with Crippen molar-refractivity contribution < 1.29 is 9.47 Å². The van der Waals surface area contributed by atoms with Crippen molar-refractivity contribution in [2.45, 2.75) is 45.7 Å². The lowest BCUT2D eigenvalue weighted by Gasteiger charge is -2.26. The van der Waals surface area contributed by atoms with Crippen molar-refractivity contribution in [2.24, 2.45) is 0 Å². The molecule has 0 aliphatic carbocycles. The molecule has 0 heterocycles. The first-order chi connectivity index (χ1) is 9.44. The Labute approximate surface area is 121 Å². The number of nitrogens with zero attached hydrogens (tertiary/aromatic N) is 1. The molecule has 1 rings (SSSR count). The summed E-state index contributed by atoms with van der Waals surface area (Å²) in [6.45, 7) is 8.20. The Kier molecular flexibility index (Phi) is 5.84. The van der Waals surface area contributed by atoms with Crippen molar-refractivity contribution in [1.29, 1.82) is 5.26 Å². The molecule has 4 nitrogen and oxygen atoms in total. The van der Waals surface area contributed by atoms with Crippen LogP contribution in [0.1, 0.15) is 33.3 Å². The van der Waals surface area contributed by atoms with Gasteiger partial charge in [0.25, 0.3) is 0 Å². The van der Waals surface area contributed by atoms with Crippen LogP contribution in [0.4, 0.5) is 0 Å². The van der Waals surface area contributed by atoms with Crippen LogP contribution in [-0.2, 0) is 6.42 Å². The minimum atomic E-state index is -0.720. The van der Waals surface area contributed by atoms with Crippen LogP contribution >= 0.6 is 0 Å². The van der Waals surface area contributed by atoms with E-state index in [-0.39, 0.29) is 12.6 Å². The van der Waals surface area contributed by atoms with Gasteiger partial charge in [-0.05, 0) is 44.9 Å². The first-order valence-electron chi connectivity index (χ1n) is 6.92. The summed E-state index contributed by atoms with van der Waals surface area (Å²) in [4.78, 5) is 0.